The number of pyridine rings is 1. The molecule has 1 atom stereocenters. The summed E-state index contributed by atoms with van der Waals surface area (Å²) < 4.78 is 5.48. The molecule has 2 heterocycles. The molecule has 1 N–H and O–H groups in total. The molecule has 15 heavy (non-hydrogen) atoms. The van der Waals surface area contributed by atoms with Gasteiger partial charge in [-0.1, -0.05) is 0 Å². The Balaban J connectivity index is 1.95. The molecule has 1 aliphatic heterocycles. The number of nitriles is 1. The van der Waals surface area contributed by atoms with E-state index in [-0.39, 0.29) is 6.10 Å². The zero-order chi connectivity index (χ0) is 10.5. The molecule has 1 aromatic heterocycles. The summed E-state index contributed by atoms with van der Waals surface area (Å²) in [7, 11) is 0. The van der Waals surface area contributed by atoms with Crippen LogP contribution in [0.15, 0.2) is 18.3 Å². The number of anilines is 1. The number of hydrogen-bond donors (Lipinski definition) is 1. The van der Waals surface area contributed by atoms with Crippen molar-refractivity contribution in [1.29, 1.82) is 5.26 Å². The smallest absolute Gasteiger partial charge is 0.163 e. The van der Waals surface area contributed by atoms with Gasteiger partial charge in [0, 0.05) is 19.3 Å². The van der Waals surface area contributed by atoms with Gasteiger partial charge in [-0.05, 0) is 25.0 Å². The lowest BCUT2D eigenvalue weighted by molar-refractivity contribution is 0.120. The number of nitrogens with zero attached hydrogens (tertiary/aromatic N) is 2. The molecule has 0 bridgehead atoms. The molecule has 0 amide bonds. The van der Waals surface area contributed by atoms with Gasteiger partial charge in [0.05, 0.1) is 11.8 Å². The summed E-state index contributed by atoms with van der Waals surface area (Å²) in [5, 5.41) is 12.0. The van der Waals surface area contributed by atoms with Crippen LogP contribution < -0.4 is 5.32 Å². The highest BCUT2D eigenvalue weighted by Crippen LogP contribution is 2.15. The fraction of sp³-hybridized carbons (Fsp3) is 0.455. The lowest BCUT2D eigenvalue weighted by atomic mass is 10.2. The molecule has 1 fully saturated rings. The predicted molar refractivity (Wildman–Crippen MR) is 56.4 cm³/mol. The van der Waals surface area contributed by atoms with Crippen molar-refractivity contribution in [2.24, 2.45) is 0 Å². The first-order valence-electron chi connectivity index (χ1n) is 5.11. The van der Waals surface area contributed by atoms with Gasteiger partial charge < -0.3 is 10.1 Å². The molecular formula is C11H13N3O. The maximum Gasteiger partial charge on any atom is 0.163 e. The van der Waals surface area contributed by atoms with Gasteiger partial charge in [0.1, 0.15) is 6.07 Å². The third-order valence-electron chi connectivity index (χ3n) is 2.46. The Morgan fingerprint density at radius 2 is 2.60 bits per heavy atom. The van der Waals surface area contributed by atoms with E-state index in [0.29, 0.717) is 5.69 Å². The Morgan fingerprint density at radius 1 is 1.67 bits per heavy atom. The average Bonchev–Trinajstić information content (AvgIpc) is 2.79. The van der Waals surface area contributed by atoms with Gasteiger partial charge in [-0.2, -0.15) is 5.26 Å². The second-order valence-electron chi connectivity index (χ2n) is 3.53. The van der Waals surface area contributed by atoms with Gasteiger partial charge in [0.15, 0.2) is 5.69 Å². The summed E-state index contributed by atoms with van der Waals surface area (Å²) in [6.45, 7) is 1.60. The van der Waals surface area contributed by atoms with Crippen LogP contribution >= 0.6 is 0 Å². The van der Waals surface area contributed by atoms with Crippen molar-refractivity contribution in [3.05, 3.63) is 24.0 Å². The van der Waals surface area contributed by atoms with Crippen LogP contribution in [0.3, 0.4) is 0 Å². The second-order valence-corrected chi connectivity index (χ2v) is 3.53. The number of rotatable bonds is 3. The van der Waals surface area contributed by atoms with E-state index in [9.17, 15) is 0 Å². The average molecular weight is 203 g/mol. The van der Waals surface area contributed by atoms with Gasteiger partial charge in [-0.3, -0.25) is 0 Å². The highest BCUT2D eigenvalue weighted by Gasteiger charge is 2.15. The minimum Gasteiger partial charge on any atom is -0.380 e. The molecule has 0 radical (unpaired) electrons. The first kappa shape index (κ1) is 9.94. The SMILES string of the molecule is N#Cc1ncccc1NCC1CCCO1. The lowest BCUT2D eigenvalue weighted by Crippen LogP contribution is -2.19. The van der Waals surface area contributed by atoms with E-state index in [1.807, 2.05) is 12.1 Å². The Morgan fingerprint density at radius 3 is 3.33 bits per heavy atom. The number of aromatic nitrogens is 1. The quantitative estimate of drug-likeness (QED) is 0.809. The van der Waals surface area contributed by atoms with Gasteiger partial charge in [0.25, 0.3) is 0 Å². The summed E-state index contributed by atoms with van der Waals surface area (Å²) in [5.41, 5.74) is 1.23. The van der Waals surface area contributed by atoms with Crippen LogP contribution in [0.5, 0.6) is 0 Å². The Hall–Kier alpha value is -1.60. The third-order valence-corrected chi connectivity index (χ3v) is 2.46. The normalized spacial score (nSPS) is 19.8. The predicted octanol–water partition coefficient (Wildman–Crippen LogP) is 1.54. The Kier molecular flexibility index (Phi) is 3.15. The van der Waals surface area contributed by atoms with Crippen LogP contribution in [0.25, 0.3) is 0 Å². The van der Waals surface area contributed by atoms with Crippen LogP contribution in [0.4, 0.5) is 5.69 Å². The molecule has 0 aliphatic carbocycles. The van der Waals surface area contributed by atoms with Gasteiger partial charge >= 0.3 is 0 Å². The molecule has 1 aliphatic rings. The van der Waals surface area contributed by atoms with E-state index >= 15 is 0 Å². The maximum absolute atomic E-state index is 8.83. The minimum absolute atomic E-state index is 0.275. The number of ether oxygens (including phenoxy) is 1. The Bertz CT molecular complexity index is 366. The molecule has 0 aromatic carbocycles. The molecule has 1 unspecified atom stereocenters. The molecule has 1 aromatic rings. The van der Waals surface area contributed by atoms with Crippen molar-refractivity contribution in [2.45, 2.75) is 18.9 Å². The fourth-order valence-electron chi connectivity index (χ4n) is 1.67. The monoisotopic (exact) mass is 203 g/mol. The van der Waals surface area contributed by atoms with Crippen molar-refractivity contribution in [1.82, 2.24) is 4.98 Å². The molecule has 78 valence electrons. The molecule has 0 saturated carbocycles. The van der Waals surface area contributed by atoms with Crippen molar-refractivity contribution in [2.75, 3.05) is 18.5 Å². The number of hydrogen-bond acceptors (Lipinski definition) is 4. The first-order chi connectivity index (χ1) is 7.40. The summed E-state index contributed by atoms with van der Waals surface area (Å²) in [6, 6.07) is 5.74. The highest BCUT2D eigenvalue weighted by atomic mass is 16.5. The van der Waals surface area contributed by atoms with E-state index in [4.69, 9.17) is 10.00 Å². The van der Waals surface area contributed by atoms with E-state index in [1.54, 1.807) is 6.20 Å². The largest absolute Gasteiger partial charge is 0.380 e. The zero-order valence-electron chi connectivity index (χ0n) is 8.44. The zero-order valence-corrected chi connectivity index (χ0v) is 8.44. The molecule has 0 spiro atoms. The first-order valence-corrected chi connectivity index (χ1v) is 5.11. The van der Waals surface area contributed by atoms with E-state index in [1.165, 1.54) is 0 Å². The molecule has 4 heteroatoms. The van der Waals surface area contributed by atoms with Gasteiger partial charge in [-0.15, -0.1) is 0 Å². The lowest BCUT2D eigenvalue weighted by Gasteiger charge is -2.12. The summed E-state index contributed by atoms with van der Waals surface area (Å²) >= 11 is 0. The van der Waals surface area contributed by atoms with Gasteiger partial charge in [0.2, 0.25) is 0 Å². The van der Waals surface area contributed by atoms with Crippen molar-refractivity contribution >= 4 is 5.69 Å². The summed E-state index contributed by atoms with van der Waals surface area (Å²) in [4.78, 5) is 3.98. The summed E-state index contributed by atoms with van der Waals surface area (Å²) in [6.07, 6.45) is 4.12. The molecular weight excluding hydrogens is 190 g/mol. The summed E-state index contributed by atoms with van der Waals surface area (Å²) in [5.74, 6) is 0. The van der Waals surface area contributed by atoms with E-state index in [0.717, 1.165) is 31.7 Å². The van der Waals surface area contributed by atoms with Crippen LogP contribution in [0.2, 0.25) is 0 Å². The van der Waals surface area contributed by atoms with Crippen LogP contribution in [-0.4, -0.2) is 24.2 Å². The Labute approximate surface area is 88.9 Å². The minimum atomic E-state index is 0.275. The van der Waals surface area contributed by atoms with E-state index < -0.39 is 0 Å². The van der Waals surface area contributed by atoms with Crippen LogP contribution in [-0.2, 0) is 4.74 Å². The fourth-order valence-corrected chi connectivity index (χ4v) is 1.67. The molecule has 1 saturated heterocycles. The van der Waals surface area contributed by atoms with Crippen LogP contribution in [0, 0.1) is 11.3 Å². The third kappa shape index (κ3) is 2.45. The van der Waals surface area contributed by atoms with Crippen LogP contribution in [0.1, 0.15) is 18.5 Å². The highest BCUT2D eigenvalue weighted by molar-refractivity contribution is 5.53. The molecule has 2 rings (SSSR count). The van der Waals surface area contributed by atoms with Gasteiger partial charge in [-0.25, -0.2) is 4.98 Å². The van der Waals surface area contributed by atoms with Crippen molar-refractivity contribution in [3.8, 4) is 6.07 Å². The maximum atomic E-state index is 8.83. The number of nitrogens with one attached hydrogen (secondary N) is 1. The standard InChI is InChI=1S/C11H13N3O/c12-7-11-10(4-1-5-13-11)14-8-9-3-2-6-15-9/h1,4-5,9,14H,2-3,6,8H2. The second kappa shape index (κ2) is 4.76. The molecule has 4 nitrogen and oxygen atoms in total. The van der Waals surface area contributed by atoms with Crippen molar-refractivity contribution in [3.63, 3.8) is 0 Å². The van der Waals surface area contributed by atoms with E-state index in [2.05, 4.69) is 16.4 Å². The topological polar surface area (TPSA) is 57.9 Å². The van der Waals surface area contributed by atoms with Crippen molar-refractivity contribution < 1.29 is 4.74 Å².